The first-order valence-corrected chi connectivity index (χ1v) is 9.84. The average Bonchev–Trinajstić information content (AvgIpc) is 3.08. The summed E-state index contributed by atoms with van der Waals surface area (Å²) in [6.07, 6.45) is 4.56. The Kier molecular flexibility index (Phi) is 5.94. The van der Waals surface area contributed by atoms with Crippen molar-refractivity contribution in [2.75, 3.05) is 5.32 Å². The molecule has 2 amide bonds. The SMILES string of the molecule is CCc1ccc(NC(=O)c2nc(C(=O)NC(C)CC)n3c2CCCC3)cc1. The van der Waals surface area contributed by atoms with E-state index in [1.165, 1.54) is 5.56 Å². The number of anilines is 1. The minimum absolute atomic E-state index is 0.0726. The van der Waals surface area contributed by atoms with Crippen LogP contribution in [0.15, 0.2) is 24.3 Å². The Labute approximate surface area is 160 Å². The highest BCUT2D eigenvalue weighted by Crippen LogP contribution is 2.22. The Morgan fingerprint density at radius 3 is 2.56 bits per heavy atom. The number of hydrogen-bond acceptors (Lipinski definition) is 3. The largest absolute Gasteiger partial charge is 0.347 e. The van der Waals surface area contributed by atoms with Crippen molar-refractivity contribution in [3.63, 3.8) is 0 Å². The van der Waals surface area contributed by atoms with Crippen LogP contribution in [-0.4, -0.2) is 27.4 Å². The minimum Gasteiger partial charge on any atom is -0.347 e. The van der Waals surface area contributed by atoms with Crippen LogP contribution in [0.2, 0.25) is 0 Å². The fourth-order valence-corrected chi connectivity index (χ4v) is 3.30. The number of fused-ring (bicyclic) bond motifs is 1. The van der Waals surface area contributed by atoms with E-state index in [1.54, 1.807) is 0 Å². The molecule has 27 heavy (non-hydrogen) atoms. The zero-order chi connectivity index (χ0) is 19.4. The molecule has 0 spiro atoms. The first kappa shape index (κ1) is 19.1. The van der Waals surface area contributed by atoms with Crippen molar-refractivity contribution in [2.45, 2.75) is 65.5 Å². The van der Waals surface area contributed by atoms with Crippen LogP contribution in [0.5, 0.6) is 0 Å². The molecule has 144 valence electrons. The Balaban J connectivity index is 1.85. The van der Waals surface area contributed by atoms with E-state index < -0.39 is 0 Å². The van der Waals surface area contributed by atoms with Crippen molar-refractivity contribution in [1.82, 2.24) is 14.9 Å². The van der Waals surface area contributed by atoms with E-state index in [0.717, 1.165) is 50.0 Å². The van der Waals surface area contributed by atoms with Crippen molar-refractivity contribution >= 4 is 17.5 Å². The second-order valence-corrected chi connectivity index (χ2v) is 7.13. The molecular formula is C21H28N4O2. The molecule has 0 bridgehead atoms. The summed E-state index contributed by atoms with van der Waals surface area (Å²) in [4.78, 5) is 29.9. The predicted octanol–water partition coefficient (Wildman–Crippen LogP) is 3.56. The molecule has 1 unspecified atom stereocenters. The number of aryl methyl sites for hydroxylation is 1. The van der Waals surface area contributed by atoms with Gasteiger partial charge in [-0.3, -0.25) is 9.59 Å². The van der Waals surface area contributed by atoms with E-state index in [9.17, 15) is 9.59 Å². The Morgan fingerprint density at radius 1 is 1.15 bits per heavy atom. The molecule has 2 aromatic rings. The summed E-state index contributed by atoms with van der Waals surface area (Å²) in [7, 11) is 0. The van der Waals surface area contributed by atoms with Gasteiger partial charge >= 0.3 is 0 Å². The smallest absolute Gasteiger partial charge is 0.287 e. The van der Waals surface area contributed by atoms with Crippen molar-refractivity contribution in [3.05, 3.63) is 47.0 Å². The lowest BCUT2D eigenvalue weighted by Gasteiger charge is -2.18. The van der Waals surface area contributed by atoms with Crippen LogP contribution >= 0.6 is 0 Å². The zero-order valence-corrected chi connectivity index (χ0v) is 16.3. The number of benzene rings is 1. The number of aromatic nitrogens is 2. The van der Waals surface area contributed by atoms with Gasteiger partial charge in [0.1, 0.15) is 0 Å². The van der Waals surface area contributed by atoms with Gasteiger partial charge < -0.3 is 15.2 Å². The van der Waals surface area contributed by atoms with Gasteiger partial charge in [0.25, 0.3) is 11.8 Å². The normalized spacial score (nSPS) is 14.3. The number of hydrogen-bond donors (Lipinski definition) is 2. The third-order valence-electron chi connectivity index (χ3n) is 5.15. The first-order valence-electron chi connectivity index (χ1n) is 9.84. The van der Waals surface area contributed by atoms with E-state index in [1.807, 2.05) is 42.7 Å². The second-order valence-electron chi connectivity index (χ2n) is 7.13. The van der Waals surface area contributed by atoms with Gasteiger partial charge in [0.15, 0.2) is 11.5 Å². The summed E-state index contributed by atoms with van der Waals surface area (Å²) in [5.41, 5.74) is 3.18. The van der Waals surface area contributed by atoms with Crippen LogP contribution in [0, 0.1) is 0 Å². The molecular weight excluding hydrogens is 340 g/mol. The van der Waals surface area contributed by atoms with Crippen LogP contribution in [0.25, 0.3) is 0 Å². The number of nitrogens with zero attached hydrogens (tertiary/aromatic N) is 2. The number of carbonyl (C=O) groups excluding carboxylic acids is 2. The maximum atomic E-state index is 12.8. The van der Waals surface area contributed by atoms with Gasteiger partial charge in [0, 0.05) is 18.3 Å². The molecule has 1 aliphatic heterocycles. The summed E-state index contributed by atoms with van der Waals surface area (Å²) in [5.74, 6) is -0.122. The lowest BCUT2D eigenvalue weighted by molar-refractivity contribution is 0.0923. The molecule has 2 heterocycles. The highest BCUT2D eigenvalue weighted by molar-refractivity contribution is 6.05. The van der Waals surface area contributed by atoms with Gasteiger partial charge in [0.2, 0.25) is 0 Å². The van der Waals surface area contributed by atoms with Gasteiger partial charge in [-0.25, -0.2) is 4.98 Å². The molecule has 6 heteroatoms. The molecule has 0 saturated heterocycles. The molecule has 0 fully saturated rings. The third-order valence-corrected chi connectivity index (χ3v) is 5.15. The topological polar surface area (TPSA) is 76.0 Å². The highest BCUT2D eigenvalue weighted by Gasteiger charge is 2.27. The molecule has 6 nitrogen and oxygen atoms in total. The molecule has 0 radical (unpaired) electrons. The van der Waals surface area contributed by atoms with Gasteiger partial charge in [0.05, 0.1) is 5.69 Å². The summed E-state index contributed by atoms with van der Waals surface area (Å²) in [6.45, 7) is 6.81. The number of nitrogens with one attached hydrogen (secondary N) is 2. The van der Waals surface area contributed by atoms with Gasteiger partial charge in [-0.05, 0) is 56.7 Å². The van der Waals surface area contributed by atoms with Gasteiger partial charge in [-0.2, -0.15) is 0 Å². The van der Waals surface area contributed by atoms with E-state index in [0.29, 0.717) is 11.5 Å². The molecule has 1 aromatic carbocycles. The van der Waals surface area contributed by atoms with Crippen molar-refractivity contribution in [1.29, 1.82) is 0 Å². The van der Waals surface area contributed by atoms with E-state index in [4.69, 9.17) is 0 Å². The van der Waals surface area contributed by atoms with E-state index >= 15 is 0 Å². The minimum atomic E-state index is -0.257. The average molecular weight is 368 g/mol. The van der Waals surface area contributed by atoms with Crippen LogP contribution < -0.4 is 10.6 Å². The quantitative estimate of drug-likeness (QED) is 0.818. The maximum Gasteiger partial charge on any atom is 0.287 e. The molecule has 0 aliphatic carbocycles. The fraction of sp³-hybridized carbons (Fsp3) is 0.476. The lowest BCUT2D eigenvalue weighted by atomic mass is 10.1. The molecule has 1 aliphatic rings. The Bertz CT molecular complexity index is 823. The predicted molar refractivity (Wildman–Crippen MR) is 106 cm³/mol. The van der Waals surface area contributed by atoms with Crippen molar-refractivity contribution in [2.24, 2.45) is 0 Å². The monoisotopic (exact) mass is 368 g/mol. The summed E-state index contributed by atoms with van der Waals surface area (Å²) in [6, 6.07) is 7.88. The molecule has 3 rings (SSSR count). The number of imidazole rings is 1. The molecule has 1 aromatic heterocycles. The zero-order valence-electron chi connectivity index (χ0n) is 16.3. The lowest BCUT2D eigenvalue weighted by Crippen LogP contribution is -2.34. The summed E-state index contributed by atoms with van der Waals surface area (Å²) >= 11 is 0. The third kappa shape index (κ3) is 4.21. The standard InChI is InChI=1S/C21H28N4O2/c1-4-14(3)22-21(27)19-24-18(17-8-6-7-13-25(17)19)20(26)23-16-11-9-15(5-2)10-12-16/h9-12,14H,4-8,13H2,1-3H3,(H,22,27)(H,23,26). The Hall–Kier alpha value is -2.63. The molecule has 2 N–H and O–H groups in total. The van der Waals surface area contributed by atoms with Gasteiger partial charge in [-0.1, -0.05) is 26.0 Å². The highest BCUT2D eigenvalue weighted by atomic mass is 16.2. The van der Waals surface area contributed by atoms with E-state index in [2.05, 4.69) is 22.5 Å². The number of amides is 2. The van der Waals surface area contributed by atoms with Crippen LogP contribution in [0.4, 0.5) is 5.69 Å². The second kappa shape index (κ2) is 8.37. The maximum absolute atomic E-state index is 12.8. The van der Waals surface area contributed by atoms with Crippen LogP contribution in [-0.2, 0) is 19.4 Å². The van der Waals surface area contributed by atoms with Gasteiger partial charge in [-0.15, -0.1) is 0 Å². The van der Waals surface area contributed by atoms with Crippen LogP contribution in [0.3, 0.4) is 0 Å². The van der Waals surface area contributed by atoms with E-state index in [-0.39, 0.29) is 17.9 Å². The number of rotatable bonds is 6. The number of carbonyl (C=O) groups is 2. The summed E-state index contributed by atoms with van der Waals surface area (Å²) < 4.78 is 1.91. The van der Waals surface area contributed by atoms with Crippen molar-refractivity contribution < 1.29 is 9.59 Å². The first-order chi connectivity index (χ1) is 13.0. The van der Waals surface area contributed by atoms with Crippen LogP contribution in [0.1, 0.15) is 72.4 Å². The fourth-order valence-electron chi connectivity index (χ4n) is 3.30. The summed E-state index contributed by atoms with van der Waals surface area (Å²) in [5, 5.41) is 5.87. The molecule has 1 atom stereocenters. The Morgan fingerprint density at radius 2 is 1.89 bits per heavy atom. The van der Waals surface area contributed by atoms with Crippen molar-refractivity contribution in [3.8, 4) is 0 Å². The molecule has 0 saturated carbocycles.